The van der Waals surface area contributed by atoms with Crippen molar-refractivity contribution in [2.45, 2.75) is 13.0 Å². The Hall–Kier alpha value is -1.14. The van der Waals surface area contributed by atoms with Gasteiger partial charge in [-0.2, -0.15) is 0 Å². The molecule has 0 bridgehead atoms. The van der Waals surface area contributed by atoms with E-state index in [1.807, 2.05) is 0 Å². The molecule has 6 heteroatoms. The van der Waals surface area contributed by atoms with Crippen molar-refractivity contribution in [1.82, 2.24) is 4.98 Å². The second-order valence-electron chi connectivity index (χ2n) is 2.78. The highest BCUT2D eigenvalue weighted by molar-refractivity contribution is 7.80. The first-order valence-electron chi connectivity index (χ1n) is 4.21. The van der Waals surface area contributed by atoms with E-state index in [1.165, 1.54) is 6.20 Å². The van der Waals surface area contributed by atoms with Crippen molar-refractivity contribution in [3.63, 3.8) is 0 Å². The second-order valence-corrected chi connectivity index (χ2v) is 3.22. The fourth-order valence-corrected chi connectivity index (χ4v) is 1.22. The smallest absolute Gasteiger partial charge is 0.261 e. The number of alkyl halides is 2. The number of nitrogens with zero attached hydrogens (tertiary/aromatic N) is 1. The third-order valence-electron chi connectivity index (χ3n) is 1.63. The van der Waals surface area contributed by atoms with Crippen LogP contribution >= 0.6 is 12.2 Å². The topological polar surface area (TPSA) is 48.1 Å². The summed E-state index contributed by atoms with van der Waals surface area (Å²) in [5, 5.41) is 0. The lowest BCUT2D eigenvalue weighted by Crippen LogP contribution is -2.15. The number of ether oxygens (including phenoxy) is 1. The number of thiocarbonyl (C=S) groups is 1. The SMILES string of the molecule is NC(=S)c1ncccc1COCC(F)F. The van der Waals surface area contributed by atoms with Crippen molar-refractivity contribution in [1.29, 1.82) is 0 Å². The van der Waals surface area contributed by atoms with Crippen LogP contribution in [0.1, 0.15) is 11.3 Å². The van der Waals surface area contributed by atoms with E-state index in [4.69, 9.17) is 22.7 Å². The highest BCUT2D eigenvalue weighted by Crippen LogP contribution is 2.07. The van der Waals surface area contributed by atoms with Crippen LogP contribution < -0.4 is 5.73 Å². The highest BCUT2D eigenvalue weighted by atomic mass is 32.1. The molecule has 0 radical (unpaired) electrons. The zero-order valence-corrected chi connectivity index (χ0v) is 8.64. The molecule has 0 saturated heterocycles. The lowest BCUT2D eigenvalue weighted by Gasteiger charge is -2.07. The quantitative estimate of drug-likeness (QED) is 0.781. The van der Waals surface area contributed by atoms with Gasteiger partial charge in [-0.25, -0.2) is 8.78 Å². The number of pyridine rings is 1. The third kappa shape index (κ3) is 3.85. The first-order valence-corrected chi connectivity index (χ1v) is 4.61. The van der Waals surface area contributed by atoms with Crippen LogP contribution in [-0.4, -0.2) is 23.0 Å². The van der Waals surface area contributed by atoms with E-state index in [0.717, 1.165) is 0 Å². The molecular weight excluding hydrogens is 222 g/mol. The zero-order valence-electron chi connectivity index (χ0n) is 7.82. The van der Waals surface area contributed by atoms with Gasteiger partial charge in [0.05, 0.1) is 6.61 Å². The van der Waals surface area contributed by atoms with Gasteiger partial charge in [0.25, 0.3) is 6.43 Å². The Balaban J connectivity index is 2.63. The maximum absolute atomic E-state index is 11.8. The third-order valence-corrected chi connectivity index (χ3v) is 1.82. The number of halogens is 2. The molecular formula is C9H10F2N2OS. The van der Waals surface area contributed by atoms with Crippen LogP contribution in [0.15, 0.2) is 18.3 Å². The molecule has 1 aromatic heterocycles. The van der Waals surface area contributed by atoms with Gasteiger partial charge in [-0.05, 0) is 6.07 Å². The molecule has 0 atom stereocenters. The summed E-state index contributed by atoms with van der Waals surface area (Å²) in [6.45, 7) is -0.573. The minimum Gasteiger partial charge on any atom is -0.388 e. The fraction of sp³-hybridized carbons (Fsp3) is 0.333. The van der Waals surface area contributed by atoms with Crippen LogP contribution in [0.4, 0.5) is 8.78 Å². The largest absolute Gasteiger partial charge is 0.388 e. The molecule has 1 heterocycles. The Morgan fingerprint density at radius 3 is 2.93 bits per heavy atom. The predicted molar refractivity (Wildman–Crippen MR) is 55.8 cm³/mol. The first kappa shape index (κ1) is 11.9. The van der Waals surface area contributed by atoms with Gasteiger partial charge in [0.15, 0.2) is 0 Å². The summed E-state index contributed by atoms with van der Waals surface area (Å²) in [4.78, 5) is 4.07. The Morgan fingerprint density at radius 2 is 2.33 bits per heavy atom. The van der Waals surface area contributed by atoms with Gasteiger partial charge in [-0.15, -0.1) is 0 Å². The van der Waals surface area contributed by atoms with Crippen molar-refractivity contribution < 1.29 is 13.5 Å². The fourth-order valence-electron chi connectivity index (χ4n) is 1.03. The van der Waals surface area contributed by atoms with Crippen LogP contribution in [0.2, 0.25) is 0 Å². The number of hydrogen-bond donors (Lipinski definition) is 1. The molecule has 0 aromatic carbocycles. The van der Waals surface area contributed by atoms with E-state index >= 15 is 0 Å². The molecule has 0 spiro atoms. The van der Waals surface area contributed by atoms with Gasteiger partial charge < -0.3 is 10.5 Å². The summed E-state index contributed by atoms with van der Waals surface area (Å²) in [7, 11) is 0. The molecule has 0 aliphatic carbocycles. The zero-order chi connectivity index (χ0) is 11.3. The molecule has 1 rings (SSSR count). The van der Waals surface area contributed by atoms with Gasteiger partial charge in [0.2, 0.25) is 0 Å². The summed E-state index contributed by atoms with van der Waals surface area (Å²) in [6.07, 6.45) is -0.944. The summed E-state index contributed by atoms with van der Waals surface area (Å²) < 4.78 is 28.4. The summed E-state index contributed by atoms with van der Waals surface area (Å²) in [5.41, 5.74) is 6.45. The summed E-state index contributed by atoms with van der Waals surface area (Å²) in [5.74, 6) is 0. The maximum Gasteiger partial charge on any atom is 0.261 e. The lowest BCUT2D eigenvalue weighted by molar-refractivity contribution is 0.00976. The molecule has 0 aliphatic rings. The minimum atomic E-state index is -2.48. The Bertz CT molecular complexity index is 347. The Labute approximate surface area is 91.3 Å². The molecule has 15 heavy (non-hydrogen) atoms. The van der Waals surface area contributed by atoms with Gasteiger partial charge in [0, 0.05) is 11.8 Å². The van der Waals surface area contributed by atoms with Crippen LogP contribution in [0.3, 0.4) is 0 Å². The normalized spacial score (nSPS) is 10.6. The van der Waals surface area contributed by atoms with E-state index in [-0.39, 0.29) is 11.6 Å². The van der Waals surface area contributed by atoms with E-state index in [9.17, 15) is 8.78 Å². The number of aromatic nitrogens is 1. The van der Waals surface area contributed by atoms with Gasteiger partial charge in [-0.1, -0.05) is 18.3 Å². The van der Waals surface area contributed by atoms with Gasteiger partial charge in [-0.3, -0.25) is 4.98 Å². The van der Waals surface area contributed by atoms with Crippen LogP contribution in [-0.2, 0) is 11.3 Å². The molecule has 3 nitrogen and oxygen atoms in total. The van der Waals surface area contributed by atoms with Crippen LogP contribution in [0.25, 0.3) is 0 Å². The predicted octanol–water partition coefficient (Wildman–Crippen LogP) is 1.50. The molecule has 82 valence electrons. The van der Waals surface area contributed by atoms with Crippen molar-refractivity contribution in [3.05, 3.63) is 29.6 Å². The van der Waals surface area contributed by atoms with Gasteiger partial charge >= 0.3 is 0 Å². The number of hydrogen-bond acceptors (Lipinski definition) is 3. The van der Waals surface area contributed by atoms with Crippen molar-refractivity contribution in [3.8, 4) is 0 Å². The van der Waals surface area contributed by atoms with Crippen molar-refractivity contribution in [2.24, 2.45) is 5.73 Å². The van der Waals surface area contributed by atoms with Gasteiger partial charge in [0.1, 0.15) is 17.3 Å². The van der Waals surface area contributed by atoms with Crippen LogP contribution in [0.5, 0.6) is 0 Å². The molecule has 0 unspecified atom stereocenters. The van der Waals surface area contributed by atoms with E-state index in [2.05, 4.69) is 4.98 Å². The summed E-state index contributed by atoms with van der Waals surface area (Å²) >= 11 is 4.76. The highest BCUT2D eigenvalue weighted by Gasteiger charge is 2.07. The van der Waals surface area contributed by atoms with Crippen LogP contribution in [0, 0.1) is 0 Å². The molecule has 1 aromatic rings. The number of rotatable bonds is 5. The summed E-state index contributed by atoms with van der Waals surface area (Å²) in [6, 6.07) is 3.36. The first-order chi connectivity index (χ1) is 7.11. The van der Waals surface area contributed by atoms with E-state index < -0.39 is 13.0 Å². The average molecular weight is 232 g/mol. The standard InChI is InChI=1S/C9H10F2N2OS/c10-7(11)5-14-4-6-2-1-3-13-8(6)9(12)15/h1-3,7H,4-5H2,(H2,12,15). The van der Waals surface area contributed by atoms with E-state index in [0.29, 0.717) is 11.3 Å². The molecule has 0 saturated carbocycles. The van der Waals surface area contributed by atoms with E-state index in [1.54, 1.807) is 12.1 Å². The second kappa shape index (κ2) is 5.67. The molecule has 2 N–H and O–H groups in total. The Morgan fingerprint density at radius 1 is 1.60 bits per heavy atom. The molecule has 0 aliphatic heterocycles. The van der Waals surface area contributed by atoms with Crippen molar-refractivity contribution in [2.75, 3.05) is 6.61 Å². The molecule has 0 amide bonds. The monoisotopic (exact) mass is 232 g/mol. The Kier molecular flexibility index (Phi) is 4.51. The minimum absolute atomic E-state index is 0.0326. The average Bonchev–Trinajstić information content (AvgIpc) is 2.17. The maximum atomic E-state index is 11.8. The lowest BCUT2D eigenvalue weighted by atomic mass is 10.2. The molecule has 0 fully saturated rings. The number of nitrogens with two attached hydrogens (primary N) is 1. The van der Waals surface area contributed by atoms with Crippen molar-refractivity contribution >= 4 is 17.2 Å².